The standard InChI is InChI=1S/2C52H34F6N2/c53-51(54,55)37-17-12-15-35(33-37)48-44-25-10-11-26-45(44)49(36-16-13-18-38(34-36)52(56,57)58)50-46(48)27-14-28-47(50)60(41-23-8-3-9-24-41)43-31-29-42(30-32-43)59(39-19-4-1-5-20-39)40-21-6-2-7-22-40;53-51(54,55)37-16-12-14-35(32-37)49-45-24-10-11-25-46(45)50(36-15-13-17-38(33-36)52(56,57)58)48-34-44(30-31-47(48)49)60(41-22-8-3-9-23-41)43-28-26-42(27-29-43)59(39-18-4-1-5-19-39)40-20-6-2-7-21-40/h2*1-34H. The van der Waals surface area contributed by atoms with Crippen molar-refractivity contribution >= 4 is 111 Å². The molecule has 0 aliphatic rings. The maximum atomic E-state index is 14.4. The first kappa shape index (κ1) is 77.9. The summed E-state index contributed by atoms with van der Waals surface area (Å²) in [6.45, 7) is 0. The largest absolute Gasteiger partial charge is 0.416 e. The molecular formula is C104H68F12N4. The zero-order valence-electron chi connectivity index (χ0n) is 63.6. The lowest BCUT2D eigenvalue weighted by Crippen LogP contribution is -2.12. The van der Waals surface area contributed by atoms with Crippen molar-refractivity contribution in [1.29, 1.82) is 0 Å². The topological polar surface area (TPSA) is 13.0 Å². The van der Waals surface area contributed by atoms with Gasteiger partial charge in [0.2, 0.25) is 0 Å². The second-order valence-corrected chi connectivity index (χ2v) is 28.7. The lowest BCUT2D eigenvalue weighted by atomic mass is 9.84. The van der Waals surface area contributed by atoms with Crippen molar-refractivity contribution in [3.63, 3.8) is 0 Å². The van der Waals surface area contributed by atoms with Crippen molar-refractivity contribution in [3.8, 4) is 44.5 Å². The third kappa shape index (κ3) is 15.7. The summed E-state index contributed by atoms with van der Waals surface area (Å²) in [6.07, 6.45) is -18.4. The predicted octanol–water partition coefficient (Wildman–Crippen LogP) is 32.6. The third-order valence-corrected chi connectivity index (χ3v) is 21.3. The first-order valence-electron chi connectivity index (χ1n) is 38.5. The van der Waals surface area contributed by atoms with Crippen molar-refractivity contribution < 1.29 is 52.7 Å². The monoisotopic (exact) mass is 1600 g/mol. The molecule has 0 N–H and O–H groups in total. The number of alkyl halides is 12. The quantitative estimate of drug-likeness (QED) is 0.0706. The van der Waals surface area contributed by atoms with Gasteiger partial charge < -0.3 is 19.6 Å². The number of halogens is 12. The van der Waals surface area contributed by atoms with Crippen LogP contribution in [-0.2, 0) is 24.7 Å². The van der Waals surface area contributed by atoms with Crippen molar-refractivity contribution in [3.05, 3.63) is 435 Å². The van der Waals surface area contributed by atoms with Crippen LogP contribution in [-0.4, -0.2) is 0 Å². The van der Waals surface area contributed by atoms with Gasteiger partial charge in [0.1, 0.15) is 0 Å². The highest BCUT2D eigenvalue weighted by atomic mass is 19.4. The van der Waals surface area contributed by atoms with Crippen LogP contribution in [0.2, 0.25) is 0 Å². The average molecular weight is 1600 g/mol. The van der Waals surface area contributed by atoms with Gasteiger partial charge in [-0.05, 0) is 270 Å². The molecule has 18 aromatic rings. The Morgan fingerprint density at radius 3 is 0.683 bits per heavy atom. The van der Waals surface area contributed by atoms with Gasteiger partial charge in [0, 0.05) is 67.9 Å². The van der Waals surface area contributed by atoms with Gasteiger partial charge in [-0.15, -0.1) is 0 Å². The van der Waals surface area contributed by atoms with Gasteiger partial charge in [0.05, 0.1) is 27.9 Å². The van der Waals surface area contributed by atoms with Crippen molar-refractivity contribution in [1.82, 2.24) is 0 Å². The van der Waals surface area contributed by atoms with E-state index >= 15 is 0 Å². The third-order valence-electron chi connectivity index (χ3n) is 21.3. The van der Waals surface area contributed by atoms with Gasteiger partial charge in [-0.2, -0.15) is 52.7 Å². The summed E-state index contributed by atoms with van der Waals surface area (Å²) in [4.78, 5) is 8.42. The minimum absolute atomic E-state index is 0.318. The number of fused-ring (bicyclic) bond motifs is 4. The Bertz CT molecular complexity index is 6550. The van der Waals surface area contributed by atoms with Crippen LogP contribution in [0.1, 0.15) is 22.3 Å². The Labute approximate surface area is 683 Å². The van der Waals surface area contributed by atoms with Crippen molar-refractivity contribution in [2.45, 2.75) is 24.7 Å². The molecule has 0 unspecified atom stereocenters. The van der Waals surface area contributed by atoms with E-state index in [4.69, 9.17) is 0 Å². The Morgan fingerprint density at radius 2 is 0.367 bits per heavy atom. The van der Waals surface area contributed by atoms with Crippen LogP contribution in [0.5, 0.6) is 0 Å². The zero-order chi connectivity index (χ0) is 82.9. The summed E-state index contributed by atoms with van der Waals surface area (Å²) in [6, 6.07) is 122. The summed E-state index contributed by atoms with van der Waals surface area (Å²) in [5, 5.41) is 4.73. The highest BCUT2D eigenvalue weighted by Gasteiger charge is 2.36. The molecule has 16 heteroatoms. The molecule has 4 nitrogen and oxygen atoms in total. The van der Waals surface area contributed by atoms with Gasteiger partial charge in [-0.3, -0.25) is 0 Å². The van der Waals surface area contributed by atoms with Gasteiger partial charge in [-0.25, -0.2) is 0 Å². The molecule has 0 atom stereocenters. The average Bonchev–Trinajstić information content (AvgIpc) is 0.726. The smallest absolute Gasteiger partial charge is 0.311 e. The van der Waals surface area contributed by atoms with Gasteiger partial charge >= 0.3 is 24.7 Å². The Kier molecular flexibility index (Phi) is 21.1. The molecule has 0 saturated carbocycles. The molecule has 588 valence electrons. The number of rotatable bonds is 16. The lowest BCUT2D eigenvalue weighted by Gasteiger charge is -2.30. The molecule has 18 rings (SSSR count). The van der Waals surface area contributed by atoms with Crippen LogP contribution < -0.4 is 19.6 Å². The summed E-state index contributed by atoms with van der Waals surface area (Å²) < 4.78 is 171. The minimum Gasteiger partial charge on any atom is -0.311 e. The van der Waals surface area contributed by atoms with E-state index in [1.807, 2.05) is 290 Å². The highest BCUT2D eigenvalue weighted by Crippen LogP contribution is 2.54. The van der Waals surface area contributed by atoms with Gasteiger partial charge in [0.15, 0.2) is 0 Å². The number of hydrogen-bond acceptors (Lipinski definition) is 4. The molecule has 0 radical (unpaired) electrons. The van der Waals surface area contributed by atoms with Crippen LogP contribution in [0.15, 0.2) is 413 Å². The first-order chi connectivity index (χ1) is 58.1. The first-order valence-corrected chi connectivity index (χ1v) is 38.5. The fourth-order valence-electron chi connectivity index (χ4n) is 16.1. The Morgan fingerprint density at radius 1 is 0.150 bits per heavy atom. The van der Waals surface area contributed by atoms with E-state index in [-0.39, 0.29) is 0 Å². The summed E-state index contributed by atoms with van der Waals surface area (Å²) in [5.41, 5.74) is 10.4. The number of hydrogen-bond donors (Lipinski definition) is 0. The molecule has 0 aliphatic carbocycles. The molecule has 18 aromatic carbocycles. The van der Waals surface area contributed by atoms with Crippen molar-refractivity contribution in [2.75, 3.05) is 19.6 Å². The normalized spacial score (nSPS) is 11.8. The van der Waals surface area contributed by atoms with E-state index in [9.17, 15) is 52.7 Å². The number of anilines is 12. The van der Waals surface area contributed by atoms with E-state index in [0.717, 1.165) is 105 Å². The SMILES string of the molecule is FC(F)(F)c1cccc(-c2c3ccccc3c(-c3cccc(C(F)(F)F)c3)c3c(N(c4ccccc4)c4ccc(N(c5ccccc5)c5ccccc5)cc4)cccc23)c1.FC(F)(F)c1cccc(-c2c3ccccc3c(-c3cccc(C(F)(F)F)c3)c3cc(N(c4ccccc4)c4ccc(N(c5ccccc5)c5ccccc5)cc4)ccc23)c1. The van der Waals surface area contributed by atoms with Crippen LogP contribution in [0.25, 0.3) is 87.6 Å². The van der Waals surface area contributed by atoms with Crippen LogP contribution in [0, 0.1) is 0 Å². The van der Waals surface area contributed by atoms with E-state index in [0.29, 0.717) is 99.0 Å². The molecular weight excluding hydrogens is 1530 g/mol. The second kappa shape index (κ2) is 32.4. The fourth-order valence-corrected chi connectivity index (χ4v) is 16.1. The van der Waals surface area contributed by atoms with Crippen LogP contribution >= 0.6 is 0 Å². The second-order valence-electron chi connectivity index (χ2n) is 28.7. The Hall–Kier alpha value is -14.6. The van der Waals surface area contributed by atoms with Gasteiger partial charge in [0.25, 0.3) is 0 Å². The van der Waals surface area contributed by atoms with E-state index in [1.54, 1.807) is 54.6 Å². The van der Waals surface area contributed by atoms with E-state index < -0.39 is 47.0 Å². The number of benzene rings is 18. The molecule has 0 heterocycles. The summed E-state index contributed by atoms with van der Waals surface area (Å²) in [5.74, 6) is 0. The highest BCUT2D eigenvalue weighted by molar-refractivity contribution is 6.26. The lowest BCUT2D eigenvalue weighted by molar-refractivity contribution is -0.138. The molecule has 120 heavy (non-hydrogen) atoms. The number of nitrogens with zero attached hydrogens (tertiary/aromatic N) is 4. The molecule has 0 amide bonds. The molecule has 0 fully saturated rings. The maximum Gasteiger partial charge on any atom is 0.416 e. The van der Waals surface area contributed by atoms with Gasteiger partial charge in [-0.1, -0.05) is 224 Å². The predicted molar refractivity (Wildman–Crippen MR) is 463 cm³/mol. The van der Waals surface area contributed by atoms with E-state index in [2.05, 4.69) is 14.7 Å². The van der Waals surface area contributed by atoms with Crippen molar-refractivity contribution in [2.24, 2.45) is 0 Å². The van der Waals surface area contributed by atoms with E-state index in [1.165, 1.54) is 24.3 Å². The molecule has 0 aliphatic heterocycles. The number of para-hydroxylation sites is 6. The molecule has 0 saturated heterocycles. The molecule has 0 aromatic heterocycles. The fraction of sp³-hybridized carbons (Fsp3) is 0.0385. The molecule has 0 bridgehead atoms. The molecule has 0 spiro atoms. The zero-order valence-corrected chi connectivity index (χ0v) is 63.6. The minimum atomic E-state index is -4.62. The summed E-state index contributed by atoms with van der Waals surface area (Å²) in [7, 11) is 0. The Balaban J connectivity index is 0.000000171. The summed E-state index contributed by atoms with van der Waals surface area (Å²) >= 11 is 0. The maximum absolute atomic E-state index is 14.4. The van der Waals surface area contributed by atoms with Crippen LogP contribution in [0.4, 0.5) is 121 Å². The van der Waals surface area contributed by atoms with Crippen LogP contribution in [0.3, 0.4) is 0 Å².